The van der Waals surface area contributed by atoms with E-state index >= 15 is 0 Å². The zero-order valence-corrected chi connectivity index (χ0v) is 9.60. The molecule has 0 aliphatic rings. The molecule has 4 nitrogen and oxygen atoms in total. The number of hydrogen-bond donors (Lipinski definition) is 3. The first-order valence-electron chi connectivity index (χ1n) is 5.44. The summed E-state index contributed by atoms with van der Waals surface area (Å²) in [6.45, 7) is 1.73. The number of anilines is 1. The van der Waals surface area contributed by atoms with E-state index in [1.165, 1.54) is 0 Å². The predicted octanol–water partition coefficient (Wildman–Crippen LogP) is 1.11. The van der Waals surface area contributed by atoms with Crippen LogP contribution in [0.2, 0.25) is 0 Å². The number of hydrogen-bond acceptors (Lipinski definition) is 2. The van der Waals surface area contributed by atoms with Gasteiger partial charge in [-0.3, -0.25) is 4.79 Å². The Bertz CT molecular complexity index is 564. The Kier molecular flexibility index (Phi) is 2.97. The molecule has 2 aromatic rings. The molecule has 2 rings (SSSR count). The van der Waals surface area contributed by atoms with Crippen LogP contribution in [0.1, 0.15) is 6.92 Å². The Hall–Kier alpha value is -2.07. The number of carbonyl (C=O) groups excluding carboxylic acids is 1. The van der Waals surface area contributed by atoms with Gasteiger partial charge in [0.05, 0.1) is 0 Å². The molecule has 0 aromatic heterocycles. The summed E-state index contributed by atoms with van der Waals surface area (Å²) in [5, 5.41) is 14.1. The van der Waals surface area contributed by atoms with Gasteiger partial charge in [-0.15, -0.1) is 0 Å². The average molecular weight is 231 g/mol. The number of amides is 1. The van der Waals surface area contributed by atoms with E-state index in [-0.39, 0.29) is 17.7 Å². The molecule has 88 valence electrons. The van der Waals surface area contributed by atoms with Gasteiger partial charge in [-0.1, -0.05) is 24.3 Å². The third-order valence-electron chi connectivity index (χ3n) is 2.61. The van der Waals surface area contributed by atoms with E-state index in [0.717, 1.165) is 10.8 Å². The van der Waals surface area contributed by atoms with Crippen LogP contribution in [0.25, 0.3) is 10.8 Å². The van der Waals surface area contributed by atoms with Crippen LogP contribution in [-0.2, 0) is 4.79 Å². The molecule has 0 bridgehead atoms. The second-order valence-corrected chi connectivity index (χ2v) is 4.07. The summed E-state index contributed by atoms with van der Waals surface area (Å²) in [5.41, 5.74) is 4.36. The van der Waals surface area contributed by atoms with Crippen LogP contribution in [0.5, 0.6) is 5.75 Å². The summed E-state index contributed by atoms with van der Waals surface area (Å²) in [6.07, 6.45) is 0. The standard InChI is InChI=1S/C13H14N2O2/c1-8(14)13(17)15-11-6-7-12(16)10-5-3-2-4-9(10)11/h2-8,16H,14H2,1H3,(H,15,17)/p+1/t8-/m1/s1. The van der Waals surface area contributed by atoms with Crippen molar-refractivity contribution in [3.05, 3.63) is 36.4 Å². The first kappa shape index (κ1) is 11.4. The molecule has 0 fully saturated rings. The van der Waals surface area contributed by atoms with E-state index in [1.807, 2.05) is 24.3 Å². The van der Waals surface area contributed by atoms with E-state index in [0.29, 0.717) is 5.69 Å². The highest BCUT2D eigenvalue weighted by atomic mass is 16.3. The fraction of sp³-hybridized carbons (Fsp3) is 0.154. The van der Waals surface area contributed by atoms with Crippen molar-refractivity contribution in [1.82, 2.24) is 0 Å². The number of aromatic hydroxyl groups is 1. The lowest BCUT2D eigenvalue weighted by atomic mass is 10.1. The van der Waals surface area contributed by atoms with Crippen molar-refractivity contribution in [3.63, 3.8) is 0 Å². The third-order valence-corrected chi connectivity index (χ3v) is 2.61. The van der Waals surface area contributed by atoms with Crippen LogP contribution in [0.3, 0.4) is 0 Å². The van der Waals surface area contributed by atoms with Crippen molar-refractivity contribution in [2.45, 2.75) is 13.0 Å². The van der Waals surface area contributed by atoms with Crippen LogP contribution >= 0.6 is 0 Å². The fourth-order valence-electron chi connectivity index (χ4n) is 1.65. The van der Waals surface area contributed by atoms with E-state index in [9.17, 15) is 9.90 Å². The third kappa shape index (κ3) is 2.21. The smallest absolute Gasteiger partial charge is 0.282 e. The highest BCUT2D eigenvalue weighted by molar-refractivity contribution is 6.04. The van der Waals surface area contributed by atoms with Gasteiger partial charge in [-0.2, -0.15) is 0 Å². The molecule has 0 saturated heterocycles. The summed E-state index contributed by atoms with van der Waals surface area (Å²) < 4.78 is 0. The second-order valence-electron chi connectivity index (χ2n) is 4.07. The minimum absolute atomic E-state index is 0.138. The molecular formula is C13H15N2O2+. The number of benzene rings is 2. The first-order valence-corrected chi connectivity index (χ1v) is 5.44. The van der Waals surface area contributed by atoms with Crippen molar-refractivity contribution in [2.24, 2.45) is 0 Å². The van der Waals surface area contributed by atoms with E-state index in [2.05, 4.69) is 11.1 Å². The van der Waals surface area contributed by atoms with Crippen LogP contribution in [-0.4, -0.2) is 17.1 Å². The summed E-state index contributed by atoms with van der Waals surface area (Å²) in [5.74, 6) is 0.0714. The molecule has 0 saturated carbocycles. The minimum atomic E-state index is -0.317. The Morgan fingerprint density at radius 2 is 1.88 bits per heavy atom. The first-order chi connectivity index (χ1) is 8.09. The summed E-state index contributed by atoms with van der Waals surface area (Å²) in [4.78, 5) is 11.6. The maximum absolute atomic E-state index is 11.6. The number of phenolic OH excluding ortho intramolecular Hbond substituents is 1. The number of rotatable bonds is 2. The van der Waals surface area contributed by atoms with Gasteiger partial charge in [-0.25, -0.2) is 0 Å². The van der Waals surface area contributed by atoms with Crippen LogP contribution in [0, 0.1) is 0 Å². The normalized spacial score (nSPS) is 12.4. The number of fused-ring (bicyclic) bond motifs is 1. The van der Waals surface area contributed by atoms with Crippen LogP contribution in [0.4, 0.5) is 5.69 Å². The molecule has 17 heavy (non-hydrogen) atoms. The molecule has 2 aromatic carbocycles. The van der Waals surface area contributed by atoms with Gasteiger partial charge in [0.2, 0.25) is 0 Å². The highest BCUT2D eigenvalue weighted by Crippen LogP contribution is 2.30. The summed E-state index contributed by atoms with van der Waals surface area (Å²) >= 11 is 0. The lowest BCUT2D eigenvalue weighted by molar-refractivity contribution is -0.396. The molecule has 5 N–H and O–H groups in total. The molecule has 0 heterocycles. The highest BCUT2D eigenvalue weighted by Gasteiger charge is 2.13. The van der Waals surface area contributed by atoms with Gasteiger partial charge >= 0.3 is 0 Å². The second kappa shape index (κ2) is 4.43. The molecule has 0 unspecified atom stereocenters. The Labute approximate surface area is 99.1 Å². The molecular weight excluding hydrogens is 216 g/mol. The van der Waals surface area contributed by atoms with E-state index in [1.54, 1.807) is 19.1 Å². The minimum Gasteiger partial charge on any atom is -0.507 e. The van der Waals surface area contributed by atoms with Gasteiger partial charge in [0.15, 0.2) is 6.04 Å². The van der Waals surface area contributed by atoms with Gasteiger partial charge in [0.1, 0.15) is 5.75 Å². The molecule has 1 amide bonds. The number of quaternary nitrogens is 1. The maximum atomic E-state index is 11.6. The van der Waals surface area contributed by atoms with Gasteiger partial charge < -0.3 is 16.2 Å². The number of phenols is 1. The fourth-order valence-corrected chi connectivity index (χ4v) is 1.65. The van der Waals surface area contributed by atoms with E-state index < -0.39 is 0 Å². The zero-order valence-electron chi connectivity index (χ0n) is 9.60. The van der Waals surface area contributed by atoms with Crippen molar-refractivity contribution in [2.75, 3.05) is 5.32 Å². The van der Waals surface area contributed by atoms with Crippen molar-refractivity contribution < 1.29 is 15.6 Å². The Morgan fingerprint density at radius 3 is 2.53 bits per heavy atom. The number of carbonyl (C=O) groups is 1. The van der Waals surface area contributed by atoms with Crippen molar-refractivity contribution in [1.29, 1.82) is 0 Å². The SMILES string of the molecule is C[C@@H]([NH3+])C(=O)Nc1ccc(O)c2ccccc12. The molecule has 0 aliphatic heterocycles. The topological polar surface area (TPSA) is 77.0 Å². The lowest BCUT2D eigenvalue weighted by Crippen LogP contribution is -2.64. The summed E-state index contributed by atoms with van der Waals surface area (Å²) in [6, 6.07) is 10.3. The molecule has 4 heteroatoms. The summed E-state index contributed by atoms with van der Waals surface area (Å²) in [7, 11) is 0. The van der Waals surface area contributed by atoms with Crippen LogP contribution in [0.15, 0.2) is 36.4 Å². The number of nitrogens with one attached hydrogen (secondary N) is 1. The van der Waals surface area contributed by atoms with Gasteiger partial charge in [0, 0.05) is 16.5 Å². The Balaban J connectivity index is 2.48. The molecule has 0 aliphatic carbocycles. The molecule has 0 spiro atoms. The monoisotopic (exact) mass is 231 g/mol. The Morgan fingerprint density at radius 1 is 1.24 bits per heavy atom. The van der Waals surface area contributed by atoms with Gasteiger partial charge in [0.25, 0.3) is 5.91 Å². The lowest BCUT2D eigenvalue weighted by Gasteiger charge is -2.10. The zero-order chi connectivity index (χ0) is 12.4. The van der Waals surface area contributed by atoms with E-state index in [4.69, 9.17) is 0 Å². The van der Waals surface area contributed by atoms with Gasteiger partial charge in [-0.05, 0) is 19.1 Å². The average Bonchev–Trinajstić information content (AvgIpc) is 2.33. The predicted molar refractivity (Wildman–Crippen MR) is 66.6 cm³/mol. The van der Waals surface area contributed by atoms with Crippen molar-refractivity contribution in [3.8, 4) is 5.75 Å². The molecule has 1 atom stereocenters. The quantitative estimate of drug-likeness (QED) is 0.677. The molecule has 0 radical (unpaired) electrons. The largest absolute Gasteiger partial charge is 0.507 e. The maximum Gasteiger partial charge on any atom is 0.282 e. The van der Waals surface area contributed by atoms with Crippen molar-refractivity contribution >= 4 is 22.4 Å². The van der Waals surface area contributed by atoms with Crippen LogP contribution < -0.4 is 11.1 Å².